The van der Waals surface area contributed by atoms with Gasteiger partial charge in [-0.3, -0.25) is 4.79 Å². The summed E-state index contributed by atoms with van der Waals surface area (Å²) in [6.45, 7) is 5.47. The maximum Gasteiger partial charge on any atom is 0.197 e. The molecule has 0 heterocycles. The van der Waals surface area contributed by atoms with E-state index in [0.29, 0.717) is 22.4 Å². The van der Waals surface area contributed by atoms with E-state index in [0.717, 1.165) is 15.6 Å². The van der Waals surface area contributed by atoms with Gasteiger partial charge in [0.05, 0.1) is 12.7 Å². The zero-order chi connectivity index (χ0) is 15.7. The molecule has 0 aliphatic carbocycles. The fourth-order valence-corrected chi connectivity index (χ4v) is 2.94. The number of rotatable bonds is 3. The van der Waals surface area contributed by atoms with E-state index in [9.17, 15) is 9.18 Å². The molecule has 0 aromatic heterocycles. The van der Waals surface area contributed by atoms with Crippen LogP contribution in [0.2, 0.25) is 0 Å². The highest BCUT2D eigenvalue weighted by molar-refractivity contribution is 9.10. The van der Waals surface area contributed by atoms with Crippen LogP contribution < -0.4 is 4.74 Å². The lowest BCUT2D eigenvalue weighted by molar-refractivity contribution is 0.103. The van der Waals surface area contributed by atoms with Crippen molar-refractivity contribution in [1.82, 2.24) is 0 Å². The molecule has 0 spiro atoms. The fourth-order valence-electron chi connectivity index (χ4n) is 2.40. The summed E-state index contributed by atoms with van der Waals surface area (Å²) in [6, 6.07) is 6.24. The summed E-state index contributed by atoms with van der Waals surface area (Å²) in [5.41, 5.74) is 3.14. The summed E-state index contributed by atoms with van der Waals surface area (Å²) in [6.07, 6.45) is 0. The van der Waals surface area contributed by atoms with E-state index in [4.69, 9.17) is 4.74 Å². The molecule has 21 heavy (non-hydrogen) atoms. The molecular weight excluding hydrogens is 335 g/mol. The topological polar surface area (TPSA) is 26.3 Å². The summed E-state index contributed by atoms with van der Waals surface area (Å²) < 4.78 is 19.8. The van der Waals surface area contributed by atoms with Crippen molar-refractivity contribution < 1.29 is 13.9 Å². The second-order valence-corrected chi connectivity index (χ2v) is 5.91. The molecule has 0 N–H and O–H groups in total. The second kappa shape index (κ2) is 5.98. The van der Waals surface area contributed by atoms with Crippen molar-refractivity contribution in [2.75, 3.05) is 7.11 Å². The van der Waals surface area contributed by atoms with Crippen molar-refractivity contribution >= 4 is 21.7 Å². The van der Waals surface area contributed by atoms with Gasteiger partial charge >= 0.3 is 0 Å². The Morgan fingerprint density at radius 1 is 1.14 bits per heavy atom. The second-order valence-electron chi connectivity index (χ2n) is 5.05. The largest absolute Gasteiger partial charge is 0.496 e. The number of halogens is 2. The van der Waals surface area contributed by atoms with Gasteiger partial charge in [0.15, 0.2) is 5.78 Å². The quantitative estimate of drug-likeness (QED) is 0.746. The Hall–Kier alpha value is -1.68. The zero-order valence-corrected chi connectivity index (χ0v) is 14.0. The Morgan fingerprint density at radius 2 is 1.81 bits per heavy atom. The van der Waals surface area contributed by atoms with Gasteiger partial charge in [-0.05, 0) is 61.7 Å². The average Bonchev–Trinajstić information content (AvgIpc) is 2.40. The molecule has 0 amide bonds. The summed E-state index contributed by atoms with van der Waals surface area (Å²) in [7, 11) is 1.53. The first-order valence-electron chi connectivity index (χ1n) is 6.50. The highest BCUT2D eigenvalue weighted by Crippen LogP contribution is 2.34. The predicted molar refractivity (Wildman–Crippen MR) is 84.7 cm³/mol. The van der Waals surface area contributed by atoms with Crippen LogP contribution in [0.4, 0.5) is 4.39 Å². The maximum atomic E-state index is 13.6. The Morgan fingerprint density at radius 3 is 2.38 bits per heavy atom. The Labute approximate surface area is 132 Å². The molecule has 0 unspecified atom stereocenters. The Balaban J connectivity index is 2.68. The molecule has 2 aromatic rings. The molecule has 110 valence electrons. The van der Waals surface area contributed by atoms with Gasteiger partial charge < -0.3 is 4.74 Å². The van der Waals surface area contributed by atoms with E-state index in [1.54, 1.807) is 13.0 Å². The van der Waals surface area contributed by atoms with Crippen molar-refractivity contribution in [3.63, 3.8) is 0 Å². The van der Waals surface area contributed by atoms with Crippen LogP contribution in [0.25, 0.3) is 0 Å². The monoisotopic (exact) mass is 350 g/mol. The van der Waals surface area contributed by atoms with E-state index < -0.39 is 5.82 Å². The van der Waals surface area contributed by atoms with Crippen LogP contribution in [-0.4, -0.2) is 12.9 Å². The third kappa shape index (κ3) is 3.00. The van der Waals surface area contributed by atoms with Crippen LogP contribution in [0.1, 0.15) is 32.6 Å². The van der Waals surface area contributed by atoms with Gasteiger partial charge in [0.2, 0.25) is 0 Å². The predicted octanol–water partition coefficient (Wildman–Crippen LogP) is 4.75. The lowest BCUT2D eigenvalue weighted by atomic mass is 9.95. The van der Waals surface area contributed by atoms with E-state index in [2.05, 4.69) is 15.9 Å². The number of aryl methyl sites for hydroxylation is 2. The number of benzene rings is 2. The molecular formula is C17H16BrFO2. The molecule has 2 aromatic carbocycles. The molecule has 4 heteroatoms. The van der Waals surface area contributed by atoms with Crippen LogP contribution in [0.5, 0.6) is 5.75 Å². The molecule has 2 rings (SSSR count). The van der Waals surface area contributed by atoms with Gasteiger partial charge in [-0.25, -0.2) is 4.39 Å². The van der Waals surface area contributed by atoms with Crippen LogP contribution in [0, 0.1) is 26.6 Å². The first-order valence-corrected chi connectivity index (χ1v) is 7.30. The minimum atomic E-state index is -0.415. The van der Waals surface area contributed by atoms with Crippen LogP contribution in [-0.2, 0) is 0 Å². The highest BCUT2D eigenvalue weighted by atomic mass is 79.9. The smallest absolute Gasteiger partial charge is 0.197 e. The number of ketones is 1. The standard InChI is InChI=1S/C17H16BrFO2/c1-9-5-12(8-13(19)6-9)16(20)15-11(3)14(18)7-10(2)17(15)21-4/h5-8H,1-4H3. The van der Waals surface area contributed by atoms with Gasteiger partial charge in [-0.15, -0.1) is 0 Å². The molecule has 0 aliphatic heterocycles. The van der Waals surface area contributed by atoms with Gasteiger partial charge in [0.1, 0.15) is 11.6 Å². The lowest BCUT2D eigenvalue weighted by Gasteiger charge is -2.15. The Kier molecular flexibility index (Phi) is 4.47. The SMILES string of the molecule is COc1c(C)cc(Br)c(C)c1C(=O)c1cc(C)cc(F)c1. The molecule has 0 aliphatic rings. The third-order valence-corrected chi connectivity index (χ3v) is 4.22. The number of ether oxygens (including phenoxy) is 1. The normalized spacial score (nSPS) is 10.6. The third-order valence-electron chi connectivity index (χ3n) is 3.40. The molecule has 0 bridgehead atoms. The van der Waals surface area contributed by atoms with Crippen molar-refractivity contribution in [3.8, 4) is 5.75 Å². The summed E-state index contributed by atoms with van der Waals surface area (Å²) in [5.74, 6) is -0.124. The fraction of sp³-hybridized carbons (Fsp3) is 0.235. The first kappa shape index (κ1) is 15.7. The van der Waals surface area contributed by atoms with Crippen molar-refractivity contribution in [2.24, 2.45) is 0 Å². The van der Waals surface area contributed by atoms with Gasteiger partial charge in [0.25, 0.3) is 0 Å². The number of hydrogen-bond donors (Lipinski definition) is 0. The summed E-state index contributed by atoms with van der Waals surface area (Å²) in [4.78, 5) is 12.8. The summed E-state index contributed by atoms with van der Waals surface area (Å²) >= 11 is 3.45. The highest BCUT2D eigenvalue weighted by Gasteiger charge is 2.21. The molecule has 2 nitrogen and oxygen atoms in total. The number of carbonyl (C=O) groups excluding carboxylic acids is 1. The van der Waals surface area contributed by atoms with E-state index >= 15 is 0 Å². The van der Waals surface area contributed by atoms with Crippen molar-refractivity contribution in [2.45, 2.75) is 20.8 Å². The van der Waals surface area contributed by atoms with Gasteiger partial charge in [-0.2, -0.15) is 0 Å². The maximum absolute atomic E-state index is 13.6. The molecule has 0 radical (unpaired) electrons. The van der Waals surface area contributed by atoms with E-state index in [-0.39, 0.29) is 5.78 Å². The molecule has 0 saturated heterocycles. The van der Waals surface area contributed by atoms with E-state index in [1.165, 1.54) is 19.2 Å². The number of methoxy groups -OCH3 is 1. The van der Waals surface area contributed by atoms with Gasteiger partial charge in [0, 0.05) is 10.0 Å². The van der Waals surface area contributed by atoms with Crippen LogP contribution in [0.3, 0.4) is 0 Å². The zero-order valence-electron chi connectivity index (χ0n) is 12.4. The summed E-state index contributed by atoms with van der Waals surface area (Å²) in [5, 5.41) is 0. The number of hydrogen-bond acceptors (Lipinski definition) is 2. The first-order chi connectivity index (χ1) is 9.85. The molecule has 0 fully saturated rings. The lowest BCUT2D eigenvalue weighted by Crippen LogP contribution is -2.09. The van der Waals surface area contributed by atoms with E-state index in [1.807, 2.05) is 19.9 Å². The van der Waals surface area contributed by atoms with Crippen LogP contribution >= 0.6 is 15.9 Å². The minimum Gasteiger partial charge on any atom is -0.496 e. The average molecular weight is 351 g/mol. The minimum absolute atomic E-state index is 0.239. The molecule has 0 atom stereocenters. The molecule has 0 saturated carbocycles. The van der Waals surface area contributed by atoms with Crippen molar-refractivity contribution in [3.05, 3.63) is 62.4 Å². The van der Waals surface area contributed by atoms with Crippen LogP contribution in [0.15, 0.2) is 28.7 Å². The van der Waals surface area contributed by atoms with Gasteiger partial charge in [-0.1, -0.05) is 15.9 Å². The Bertz CT molecular complexity index is 703. The van der Waals surface area contributed by atoms with Crippen molar-refractivity contribution in [1.29, 1.82) is 0 Å². The number of carbonyl (C=O) groups is 1.